The predicted molar refractivity (Wildman–Crippen MR) is 62.7 cm³/mol. The number of hydrogen-bond donors (Lipinski definition) is 2. The van der Waals surface area contributed by atoms with Crippen LogP contribution in [0.25, 0.3) is 0 Å². The molecule has 0 spiro atoms. The molecule has 0 aliphatic carbocycles. The summed E-state index contributed by atoms with van der Waals surface area (Å²) < 4.78 is 0. The van der Waals surface area contributed by atoms with Gasteiger partial charge < -0.3 is 10.6 Å². The molecular formula is C12H24N2O. The van der Waals surface area contributed by atoms with Crippen LogP contribution in [0.15, 0.2) is 0 Å². The molecule has 1 fully saturated rings. The number of hydrogen-bond acceptors (Lipinski definition) is 2. The highest BCUT2D eigenvalue weighted by Gasteiger charge is 2.22. The summed E-state index contributed by atoms with van der Waals surface area (Å²) in [4.78, 5) is 11.6. The zero-order valence-corrected chi connectivity index (χ0v) is 10.2. The Labute approximate surface area is 93.0 Å². The fourth-order valence-corrected chi connectivity index (χ4v) is 1.97. The molecule has 0 aromatic rings. The van der Waals surface area contributed by atoms with E-state index in [0.717, 1.165) is 19.5 Å². The molecule has 2 atom stereocenters. The van der Waals surface area contributed by atoms with Gasteiger partial charge in [0, 0.05) is 12.5 Å². The Balaban J connectivity index is 2.18. The second-order valence-electron chi connectivity index (χ2n) is 5.04. The van der Waals surface area contributed by atoms with E-state index in [4.69, 9.17) is 0 Å². The van der Waals surface area contributed by atoms with Crippen LogP contribution in [0, 0.1) is 11.8 Å². The summed E-state index contributed by atoms with van der Waals surface area (Å²) in [6.07, 6.45) is 2.84. The van der Waals surface area contributed by atoms with Gasteiger partial charge >= 0.3 is 0 Å². The molecule has 2 unspecified atom stereocenters. The van der Waals surface area contributed by atoms with Crippen molar-refractivity contribution in [3.05, 3.63) is 0 Å². The van der Waals surface area contributed by atoms with Gasteiger partial charge in [-0.1, -0.05) is 13.8 Å². The minimum atomic E-state index is 0.211. The zero-order chi connectivity index (χ0) is 11.3. The van der Waals surface area contributed by atoms with Gasteiger partial charge in [-0.3, -0.25) is 4.79 Å². The summed E-state index contributed by atoms with van der Waals surface area (Å²) >= 11 is 0. The topological polar surface area (TPSA) is 41.1 Å². The maximum Gasteiger partial charge on any atom is 0.220 e. The zero-order valence-electron chi connectivity index (χ0n) is 10.2. The van der Waals surface area contributed by atoms with E-state index in [2.05, 4.69) is 31.4 Å². The van der Waals surface area contributed by atoms with Crippen LogP contribution in [-0.2, 0) is 4.79 Å². The van der Waals surface area contributed by atoms with Crippen LogP contribution in [0.4, 0.5) is 0 Å². The number of amides is 1. The molecule has 0 aromatic carbocycles. The lowest BCUT2D eigenvalue weighted by molar-refractivity contribution is -0.122. The summed E-state index contributed by atoms with van der Waals surface area (Å²) in [6, 6.07) is 0.319. The third kappa shape index (κ3) is 4.65. The van der Waals surface area contributed by atoms with Gasteiger partial charge in [0.25, 0.3) is 0 Å². The first kappa shape index (κ1) is 12.5. The smallest absolute Gasteiger partial charge is 0.220 e. The molecule has 1 aliphatic heterocycles. The van der Waals surface area contributed by atoms with Crippen molar-refractivity contribution in [2.45, 2.75) is 46.1 Å². The van der Waals surface area contributed by atoms with Crippen LogP contribution in [-0.4, -0.2) is 25.0 Å². The van der Waals surface area contributed by atoms with Crippen LogP contribution in [0.3, 0.4) is 0 Å². The molecule has 15 heavy (non-hydrogen) atoms. The molecule has 0 bridgehead atoms. The molecule has 3 nitrogen and oxygen atoms in total. The summed E-state index contributed by atoms with van der Waals surface area (Å²) in [5, 5.41) is 6.42. The number of nitrogens with one attached hydrogen (secondary N) is 2. The molecule has 88 valence electrons. The monoisotopic (exact) mass is 212 g/mol. The van der Waals surface area contributed by atoms with E-state index >= 15 is 0 Å². The highest BCUT2D eigenvalue weighted by Crippen LogP contribution is 2.12. The van der Waals surface area contributed by atoms with Gasteiger partial charge in [0.05, 0.1) is 0 Å². The van der Waals surface area contributed by atoms with Gasteiger partial charge in [-0.05, 0) is 44.7 Å². The Morgan fingerprint density at radius 3 is 2.73 bits per heavy atom. The maximum absolute atomic E-state index is 11.6. The lowest BCUT2D eigenvalue weighted by Gasteiger charge is -2.20. The quantitative estimate of drug-likeness (QED) is 0.726. The van der Waals surface area contributed by atoms with E-state index in [-0.39, 0.29) is 5.91 Å². The molecule has 0 aromatic heterocycles. The predicted octanol–water partition coefficient (Wildman–Crippen LogP) is 1.54. The van der Waals surface area contributed by atoms with Crippen molar-refractivity contribution < 1.29 is 4.79 Å². The molecular weight excluding hydrogens is 188 g/mol. The molecule has 3 heteroatoms. The van der Waals surface area contributed by atoms with Gasteiger partial charge in [0.15, 0.2) is 0 Å². The van der Waals surface area contributed by atoms with E-state index in [1.54, 1.807) is 0 Å². The summed E-state index contributed by atoms with van der Waals surface area (Å²) in [6.45, 7) is 8.56. The van der Waals surface area contributed by atoms with E-state index in [9.17, 15) is 4.79 Å². The van der Waals surface area contributed by atoms with Crippen LogP contribution in [0.2, 0.25) is 0 Å². The summed E-state index contributed by atoms with van der Waals surface area (Å²) in [7, 11) is 0. The van der Waals surface area contributed by atoms with Crippen molar-refractivity contribution in [1.29, 1.82) is 0 Å². The van der Waals surface area contributed by atoms with E-state index < -0.39 is 0 Å². The molecule has 1 saturated heterocycles. The fourth-order valence-electron chi connectivity index (χ4n) is 1.97. The first-order valence-electron chi connectivity index (χ1n) is 6.09. The minimum absolute atomic E-state index is 0.211. The highest BCUT2D eigenvalue weighted by molar-refractivity contribution is 5.76. The van der Waals surface area contributed by atoms with E-state index in [0.29, 0.717) is 24.3 Å². The number of carbonyl (C=O) groups is 1. The van der Waals surface area contributed by atoms with Crippen LogP contribution in [0.5, 0.6) is 0 Å². The van der Waals surface area contributed by atoms with Crippen LogP contribution >= 0.6 is 0 Å². The first-order valence-corrected chi connectivity index (χ1v) is 6.09. The van der Waals surface area contributed by atoms with Crippen LogP contribution < -0.4 is 10.6 Å². The van der Waals surface area contributed by atoms with E-state index in [1.807, 2.05) is 0 Å². The van der Waals surface area contributed by atoms with Gasteiger partial charge in [0.1, 0.15) is 0 Å². The molecule has 0 saturated carbocycles. The maximum atomic E-state index is 11.6. The number of carbonyl (C=O) groups excluding carboxylic acids is 1. The van der Waals surface area contributed by atoms with Crippen molar-refractivity contribution >= 4 is 5.91 Å². The Hall–Kier alpha value is -0.570. The second-order valence-corrected chi connectivity index (χ2v) is 5.04. The van der Waals surface area contributed by atoms with E-state index in [1.165, 1.54) is 6.42 Å². The van der Waals surface area contributed by atoms with Gasteiger partial charge in [-0.2, -0.15) is 0 Å². The Bertz CT molecular complexity index is 198. The largest absolute Gasteiger partial charge is 0.353 e. The SMILES string of the molecule is CC(C)CCC(=O)NC(C)C1CCNC1. The third-order valence-electron chi connectivity index (χ3n) is 3.14. The average molecular weight is 212 g/mol. The van der Waals surface area contributed by atoms with Crippen molar-refractivity contribution in [3.63, 3.8) is 0 Å². The van der Waals surface area contributed by atoms with Crippen LogP contribution in [0.1, 0.15) is 40.0 Å². The molecule has 1 rings (SSSR count). The Kier molecular flexibility index (Phi) is 5.09. The minimum Gasteiger partial charge on any atom is -0.353 e. The lowest BCUT2D eigenvalue weighted by Crippen LogP contribution is -2.38. The lowest BCUT2D eigenvalue weighted by atomic mass is 10.00. The summed E-state index contributed by atoms with van der Waals surface area (Å²) in [5.41, 5.74) is 0. The second kappa shape index (κ2) is 6.11. The van der Waals surface area contributed by atoms with Gasteiger partial charge in [-0.25, -0.2) is 0 Å². The van der Waals surface area contributed by atoms with Crippen molar-refractivity contribution in [1.82, 2.24) is 10.6 Å². The fraction of sp³-hybridized carbons (Fsp3) is 0.917. The Morgan fingerprint density at radius 2 is 2.20 bits per heavy atom. The third-order valence-corrected chi connectivity index (χ3v) is 3.14. The first-order chi connectivity index (χ1) is 7.09. The van der Waals surface area contributed by atoms with Gasteiger partial charge in [0.2, 0.25) is 5.91 Å². The standard InChI is InChI=1S/C12H24N2O/c1-9(2)4-5-12(15)14-10(3)11-6-7-13-8-11/h9-11,13H,4-8H2,1-3H3,(H,14,15). The normalized spacial score (nSPS) is 23.1. The average Bonchev–Trinajstić information content (AvgIpc) is 2.67. The van der Waals surface area contributed by atoms with Gasteiger partial charge in [-0.15, -0.1) is 0 Å². The Morgan fingerprint density at radius 1 is 1.47 bits per heavy atom. The molecule has 1 amide bonds. The molecule has 1 aliphatic rings. The summed E-state index contributed by atoms with van der Waals surface area (Å²) in [5.74, 6) is 1.44. The number of rotatable bonds is 5. The van der Waals surface area contributed by atoms with Crippen molar-refractivity contribution in [3.8, 4) is 0 Å². The molecule has 0 radical (unpaired) electrons. The molecule has 2 N–H and O–H groups in total. The molecule has 1 heterocycles. The highest BCUT2D eigenvalue weighted by atomic mass is 16.1. The van der Waals surface area contributed by atoms with Crippen molar-refractivity contribution in [2.75, 3.05) is 13.1 Å². The van der Waals surface area contributed by atoms with Crippen molar-refractivity contribution in [2.24, 2.45) is 11.8 Å².